The molecule has 0 aliphatic carbocycles. The largest absolute Gasteiger partial charge is 0.507 e. The zero-order chi connectivity index (χ0) is 18.3. The number of aliphatic hydroxyl groups is 1. The summed E-state index contributed by atoms with van der Waals surface area (Å²) in [5.74, 6) is 0.242. The van der Waals surface area contributed by atoms with Gasteiger partial charge in [-0.05, 0) is 23.3 Å². The monoisotopic (exact) mass is 383 g/mol. The Morgan fingerprint density at radius 2 is 1.77 bits per heavy atom. The Hall–Kier alpha value is -2.57. The third-order valence-electron chi connectivity index (χ3n) is 4.43. The van der Waals surface area contributed by atoms with Crippen molar-refractivity contribution in [2.24, 2.45) is 0 Å². The van der Waals surface area contributed by atoms with E-state index in [9.17, 15) is 13.5 Å². The number of sulfone groups is 1. The summed E-state index contributed by atoms with van der Waals surface area (Å²) >= 11 is 1.51. The molecule has 132 valence electrons. The summed E-state index contributed by atoms with van der Waals surface area (Å²) in [6.45, 7) is 0.548. The number of aliphatic hydroxyl groups excluding tert-OH is 1. The molecule has 1 aliphatic rings. The predicted octanol–water partition coefficient (Wildman–Crippen LogP) is 4.67. The molecule has 0 atom stereocenters. The Bertz CT molecular complexity index is 1110. The third kappa shape index (κ3) is 2.91. The summed E-state index contributed by atoms with van der Waals surface area (Å²) in [7, 11) is -3.29. The van der Waals surface area contributed by atoms with E-state index in [1.807, 2.05) is 41.8 Å². The molecule has 1 aliphatic heterocycles. The predicted molar refractivity (Wildman–Crippen MR) is 107 cm³/mol. The Morgan fingerprint density at radius 1 is 1.04 bits per heavy atom. The molecule has 2 aromatic carbocycles. The van der Waals surface area contributed by atoms with E-state index < -0.39 is 9.84 Å². The number of benzene rings is 2. The van der Waals surface area contributed by atoms with E-state index in [2.05, 4.69) is 5.32 Å². The van der Waals surface area contributed by atoms with Gasteiger partial charge in [-0.15, -0.1) is 11.3 Å². The summed E-state index contributed by atoms with van der Waals surface area (Å²) in [5.41, 5.74) is 4.12. The van der Waals surface area contributed by atoms with Crippen LogP contribution in [0.5, 0.6) is 0 Å². The van der Waals surface area contributed by atoms with Crippen LogP contribution in [0.1, 0.15) is 11.1 Å². The Morgan fingerprint density at radius 3 is 2.50 bits per heavy atom. The van der Waals surface area contributed by atoms with Crippen LogP contribution >= 0.6 is 11.3 Å². The Labute approximate surface area is 156 Å². The molecule has 2 heterocycles. The van der Waals surface area contributed by atoms with Crippen LogP contribution < -0.4 is 5.32 Å². The van der Waals surface area contributed by atoms with E-state index in [1.165, 1.54) is 17.6 Å². The number of thiophene rings is 1. The van der Waals surface area contributed by atoms with Crippen molar-refractivity contribution < 1.29 is 13.5 Å². The van der Waals surface area contributed by atoms with Gasteiger partial charge in [-0.1, -0.05) is 42.5 Å². The van der Waals surface area contributed by atoms with Gasteiger partial charge in [0.25, 0.3) is 0 Å². The molecule has 6 heteroatoms. The smallest absolute Gasteiger partial charge is 0.175 e. The third-order valence-corrected chi connectivity index (χ3v) is 6.48. The standard InChI is InChI=1S/C20H17NO3S2/c1-26(23,24)15-9-5-8-14(10-15)17-12-25-20-18(17)19(22)16(11-21-20)13-6-3-2-4-7-13/h2-10,12,21-22H,11H2,1H3. The molecule has 4 rings (SSSR count). The van der Waals surface area contributed by atoms with Gasteiger partial charge >= 0.3 is 0 Å². The highest BCUT2D eigenvalue weighted by Gasteiger charge is 2.25. The fourth-order valence-corrected chi connectivity index (χ4v) is 4.75. The van der Waals surface area contributed by atoms with Gasteiger partial charge in [0.05, 0.1) is 10.5 Å². The molecule has 0 fully saturated rings. The van der Waals surface area contributed by atoms with Gasteiger partial charge < -0.3 is 10.4 Å². The highest BCUT2D eigenvalue weighted by molar-refractivity contribution is 7.90. The lowest BCUT2D eigenvalue weighted by Crippen LogP contribution is -2.12. The van der Waals surface area contributed by atoms with E-state index in [1.54, 1.807) is 18.2 Å². The molecular weight excluding hydrogens is 366 g/mol. The van der Waals surface area contributed by atoms with Gasteiger partial charge in [-0.25, -0.2) is 8.42 Å². The molecule has 26 heavy (non-hydrogen) atoms. The van der Waals surface area contributed by atoms with Gasteiger partial charge in [0.1, 0.15) is 10.8 Å². The van der Waals surface area contributed by atoms with Crippen LogP contribution in [0.15, 0.2) is 64.9 Å². The molecule has 1 aromatic heterocycles. The van der Waals surface area contributed by atoms with Crippen molar-refractivity contribution in [3.63, 3.8) is 0 Å². The minimum atomic E-state index is -3.29. The number of nitrogens with one attached hydrogen (secondary N) is 1. The Balaban J connectivity index is 1.87. The number of hydrogen-bond donors (Lipinski definition) is 2. The average molecular weight is 383 g/mol. The molecule has 0 bridgehead atoms. The van der Waals surface area contributed by atoms with Crippen molar-refractivity contribution in [3.05, 3.63) is 71.1 Å². The second-order valence-corrected chi connectivity index (χ2v) is 9.10. The van der Waals surface area contributed by atoms with Gasteiger partial charge in [0.2, 0.25) is 0 Å². The molecule has 0 amide bonds. The first-order chi connectivity index (χ1) is 12.4. The second kappa shape index (κ2) is 6.30. The molecule has 2 N–H and O–H groups in total. The van der Waals surface area contributed by atoms with Crippen molar-refractivity contribution in [2.45, 2.75) is 4.90 Å². The van der Waals surface area contributed by atoms with Crippen molar-refractivity contribution in [3.8, 4) is 11.1 Å². The van der Waals surface area contributed by atoms with Crippen LogP contribution in [0.25, 0.3) is 22.5 Å². The summed E-state index contributed by atoms with van der Waals surface area (Å²) < 4.78 is 23.8. The molecule has 0 unspecified atom stereocenters. The van der Waals surface area contributed by atoms with E-state index >= 15 is 0 Å². The van der Waals surface area contributed by atoms with Crippen molar-refractivity contribution in [1.29, 1.82) is 0 Å². The summed E-state index contributed by atoms with van der Waals surface area (Å²) in [4.78, 5) is 0.269. The Kier molecular flexibility index (Phi) is 4.09. The van der Waals surface area contributed by atoms with E-state index in [4.69, 9.17) is 0 Å². The van der Waals surface area contributed by atoms with Crippen molar-refractivity contribution in [1.82, 2.24) is 0 Å². The van der Waals surface area contributed by atoms with Crippen molar-refractivity contribution in [2.75, 3.05) is 18.1 Å². The zero-order valence-corrected chi connectivity index (χ0v) is 15.7. The molecule has 0 radical (unpaired) electrons. The van der Waals surface area contributed by atoms with Gasteiger partial charge in [0, 0.05) is 29.3 Å². The van der Waals surface area contributed by atoms with Crippen LogP contribution in [0.3, 0.4) is 0 Å². The summed E-state index contributed by atoms with van der Waals surface area (Å²) in [5, 5.41) is 17.2. The van der Waals surface area contributed by atoms with Crippen LogP contribution in [-0.4, -0.2) is 26.3 Å². The van der Waals surface area contributed by atoms with Crippen LogP contribution in [0, 0.1) is 0 Å². The zero-order valence-electron chi connectivity index (χ0n) is 14.1. The summed E-state index contributed by atoms with van der Waals surface area (Å²) in [6, 6.07) is 16.6. The molecule has 0 spiro atoms. The maximum Gasteiger partial charge on any atom is 0.175 e. The minimum absolute atomic E-state index is 0.242. The average Bonchev–Trinajstić information content (AvgIpc) is 3.07. The first kappa shape index (κ1) is 16.9. The highest BCUT2D eigenvalue weighted by atomic mass is 32.2. The number of hydrogen-bond acceptors (Lipinski definition) is 5. The molecule has 0 saturated carbocycles. The first-order valence-electron chi connectivity index (χ1n) is 8.09. The van der Waals surface area contributed by atoms with Gasteiger partial charge in [0.15, 0.2) is 9.84 Å². The van der Waals surface area contributed by atoms with E-state index in [0.29, 0.717) is 6.54 Å². The lowest BCUT2D eigenvalue weighted by atomic mass is 9.95. The molecular formula is C20H17NO3S2. The molecule has 4 nitrogen and oxygen atoms in total. The van der Waals surface area contributed by atoms with Crippen molar-refractivity contribution >= 4 is 37.5 Å². The maximum atomic E-state index is 11.9. The molecule has 3 aromatic rings. The van der Waals surface area contributed by atoms with Crippen LogP contribution in [0.4, 0.5) is 5.00 Å². The topological polar surface area (TPSA) is 66.4 Å². The fourth-order valence-electron chi connectivity index (χ4n) is 3.11. The van der Waals surface area contributed by atoms with E-state index in [-0.39, 0.29) is 10.7 Å². The quantitative estimate of drug-likeness (QED) is 0.690. The second-order valence-electron chi connectivity index (χ2n) is 6.20. The van der Waals surface area contributed by atoms with Crippen LogP contribution in [-0.2, 0) is 9.84 Å². The lowest BCUT2D eigenvalue weighted by molar-refractivity contribution is 0.513. The minimum Gasteiger partial charge on any atom is -0.507 e. The van der Waals surface area contributed by atoms with Crippen LogP contribution in [0.2, 0.25) is 0 Å². The maximum absolute atomic E-state index is 11.9. The molecule has 0 saturated heterocycles. The number of anilines is 1. The normalized spacial score (nSPS) is 14.0. The number of rotatable bonds is 3. The SMILES string of the molecule is CS(=O)(=O)c1cccc(-c2csc3c2C(O)=C(c2ccccc2)CN3)c1. The lowest BCUT2D eigenvalue weighted by Gasteiger charge is -2.20. The highest BCUT2D eigenvalue weighted by Crippen LogP contribution is 2.44. The van der Waals surface area contributed by atoms with Gasteiger partial charge in [-0.2, -0.15) is 0 Å². The summed E-state index contributed by atoms with van der Waals surface area (Å²) in [6.07, 6.45) is 1.20. The number of fused-ring (bicyclic) bond motifs is 1. The first-order valence-corrected chi connectivity index (χ1v) is 10.9. The fraction of sp³-hybridized carbons (Fsp3) is 0.100. The van der Waals surface area contributed by atoms with E-state index in [0.717, 1.165) is 32.8 Å². The van der Waals surface area contributed by atoms with Gasteiger partial charge in [-0.3, -0.25) is 0 Å².